The van der Waals surface area contributed by atoms with Gasteiger partial charge < -0.3 is 9.72 Å². The normalized spacial score (nSPS) is 10.9. The predicted molar refractivity (Wildman–Crippen MR) is 94.9 cm³/mol. The molecule has 4 aromatic rings. The summed E-state index contributed by atoms with van der Waals surface area (Å²) in [5, 5.41) is 2.24. The molecule has 1 N–H and O–H groups in total. The number of halogens is 3. The van der Waals surface area contributed by atoms with Crippen LogP contribution in [0.25, 0.3) is 16.9 Å². The van der Waals surface area contributed by atoms with Crippen molar-refractivity contribution in [2.45, 2.75) is 0 Å². The van der Waals surface area contributed by atoms with E-state index in [0.29, 0.717) is 5.65 Å². The summed E-state index contributed by atoms with van der Waals surface area (Å²) in [4.78, 5) is 16.8. The van der Waals surface area contributed by atoms with Gasteiger partial charge >= 0.3 is 0 Å². The zero-order valence-corrected chi connectivity index (χ0v) is 13.8. The van der Waals surface area contributed by atoms with E-state index in [9.17, 15) is 18.0 Å². The molecule has 4 nitrogen and oxygen atoms in total. The van der Waals surface area contributed by atoms with Crippen LogP contribution in [0.15, 0.2) is 67.0 Å². The van der Waals surface area contributed by atoms with Crippen LogP contribution in [0.5, 0.6) is 0 Å². The SMILES string of the molecule is O=C(Nc1ccc(F)c(F)c1F)c1ccn2cc(-c3ccccc3)nc2c1. The number of rotatable bonds is 3. The molecule has 0 atom stereocenters. The number of fused-ring (bicyclic) bond motifs is 1. The van der Waals surface area contributed by atoms with Gasteiger partial charge in [0.15, 0.2) is 17.5 Å². The maximum Gasteiger partial charge on any atom is 0.255 e. The van der Waals surface area contributed by atoms with E-state index in [4.69, 9.17) is 0 Å². The molecular formula is C20H12F3N3O. The Labute approximate surface area is 151 Å². The highest BCUT2D eigenvalue weighted by molar-refractivity contribution is 6.04. The number of imidazole rings is 1. The molecule has 0 saturated heterocycles. The number of benzene rings is 2. The minimum Gasteiger partial charge on any atom is -0.319 e. The molecule has 27 heavy (non-hydrogen) atoms. The molecule has 0 bridgehead atoms. The van der Waals surface area contributed by atoms with Crippen LogP contribution in [-0.2, 0) is 0 Å². The molecule has 0 fully saturated rings. The van der Waals surface area contributed by atoms with Crippen molar-refractivity contribution in [3.8, 4) is 11.3 Å². The zero-order chi connectivity index (χ0) is 19.0. The smallest absolute Gasteiger partial charge is 0.255 e. The zero-order valence-electron chi connectivity index (χ0n) is 13.8. The van der Waals surface area contributed by atoms with Crippen LogP contribution in [0.2, 0.25) is 0 Å². The lowest BCUT2D eigenvalue weighted by atomic mass is 10.2. The fourth-order valence-electron chi connectivity index (χ4n) is 2.69. The molecule has 0 radical (unpaired) electrons. The van der Waals surface area contributed by atoms with Gasteiger partial charge in [0.05, 0.1) is 11.4 Å². The van der Waals surface area contributed by atoms with Crippen LogP contribution in [0.1, 0.15) is 10.4 Å². The largest absolute Gasteiger partial charge is 0.319 e. The van der Waals surface area contributed by atoms with Crippen molar-refractivity contribution in [1.29, 1.82) is 0 Å². The van der Waals surface area contributed by atoms with Gasteiger partial charge in [-0.05, 0) is 24.3 Å². The molecule has 0 aliphatic rings. The molecule has 2 aromatic carbocycles. The monoisotopic (exact) mass is 367 g/mol. The first-order valence-electron chi connectivity index (χ1n) is 8.02. The molecule has 2 aromatic heterocycles. The van der Waals surface area contributed by atoms with E-state index in [1.165, 1.54) is 12.1 Å². The first-order valence-corrected chi connectivity index (χ1v) is 8.02. The average Bonchev–Trinajstić information content (AvgIpc) is 3.12. The molecule has 0 unspecified atom stereocenters. The Morgan fingerprint density at radius 3 is 2.52 bits per heavy atom. The van der Waals surface area contributed by atoms with Crippen molar-refractivity contribution in [3.05, 3.63) is 90.0 Å². The second-order valence-corrected chi connectivity index (χ2v) is 5.85. The van der Waals surface area contributed by atoms with Crippen molar-refractivity contribution in [2.75, 3.05) is 5.32 Å². The second kappa shape index (κ2) is 6.60. The van der Waals surface area contributed by atoms with Crippen molar-refractivity contribution < 1.29 is 18.0 Å². The summed E-state index contributed by atoms with van der Waals surface area (Å²) in [7, 11) is 0. The molecule has 2 heterocycles. The van der Waals surface area contributed by atoms with Crippen LogP contribution in [0, 0.1) is 17.5 Å². The van der Waals surface area contributed by atoms with E-state index in [0.717, 1.165) is 23.4 Å². The van der Waals surface area contributed by atoms with Crippen molar-refractivity contribution in [2.24, 2.45) is 0 Å². The number of nitrogens with one attached hydrogen (secondary N) is 1. The van der Waals surface area contributed by atoms with Gasteiger partial charge in [-0.15, -0.1) is 0 Å². The molecule has 134 valence electrons. The Bertz CT molecular complexity index is 1160. The van der Waals surface area contributed by atoms with Crippen molar-refractivity contribution >= 4 is 17.2 Å². The van der Waals surface area contributed by atoms with Crippen molar-refractivity contribution in [1.82, 2.24) is 9.38 Å². The third-order valence-electron chi connectivity index (χ3n) is 4.08. The Morgan fingerprint density at radius 1 is 0.963 bits per heavy atom. The summed E-state index contributed by atoms with van der Waals surface area (Å²) >= 11 is 0. The summed E-state index contributed by atoms with van der Waals surface area (Å²) < 4.78 is 41.8. The number of anilines is 1. The number of carbonyl (C=O) groups excluding carboxylic acids is 1. The Kier molecular flexibility index (Phi) is 4.12. The van der Waals surface area contributed by atoms with Crippen LogP contribution < -0.4 is 5.32 Å². The molecule has 0 aliphatic heterocycles. The quantitative estimate of drug-likeness (QED) is 0.535. The van der Waals surface area contributed by atoms with Crippen LogP contribution in [-0.4, -0.2) is 15.3 Å². The number of nitrogens with zero attached hydrogens (tertiary/aromatic N) is 2. The van der Waals surface area contributed by atoms with Gasteiger partial charge in [-0.3, -0.25) is 4.79 Å². The maximum atomic E-state index is 13.7. The number of carbonyl (C=O) groups is 1. The Hall–Kier alpha value is -3.61. The summed E-state index contributed by atoms with van der Waals surface area (Å²) in [6.45, 7) is 0. The van der Waals surface area contributed by atoms with Gasteiger partial charge in [0.1, 0.15) is 5.65 Å². The number of aromatic nitrogens is 2. The number of amides is 1. The van der Waals surface area contributed by atoms with Gasteiger partial charge in [-0.25, -0.2) is 18.2 Å². The molecular weight excluding hydrogens is 355 g/mol. The van der Waals surface area contributed by atoms with Crippen LogP contribution in [0.3, 0.4) is 0 Å². The van der Waals surface area contributed by atoms with Gasteiger partial charge in [-0.2, -0.15) is 0 Å². The van der Waals surface area contributed by atoms with Gasteiger partial charge in [0, 0.05) is 23.5 Å². The highest BCUT2D eigenvalue weighted by Gasteiger charge is 2.16. The summed E-state index contributed by atoms with van der Waals surface area (Å²) in [6, 6.07) is 14.3. The molecule has 0 spiro atoms. The van der Waals surface area contributed by atoms with Gasteiger partial charge in [-0.1, -0.05) is 30.3 Å². The van der Waals surface area contributed by atoms with Gasteiger partial charge in [0.2, 0.25) is 0 Å². The van der Waals surface area contributed by atoms with Gasteiger partial charge in [0.25, 0.3) is 5.91 Å². The lowest BCUT2D eigenvalue weighted by molar-refractivity contribution is 0.102. The Balaban J connectivity index is 1.64. The topological polar surface area (TPSA) is 46.4 Å². The van der Waals surface area contributed by atoms with Crippen molar-refractivity contribution in [3.63, 3.8) is 0 Å². The lowest BCUT2D eigenvalue weighted by Crippen LogP contribution is -2.14. The summed E-state index contributed by atoms with van der Waals surface area (Å²) in [6.07, 6.45) is 3.46. The summed E-state index contributed by atoms with van der Waals surface area (Å²) in [5.74, 6) is -5.06. The number of hydrogen-bond acceptors (Lipinski definition) is 2. The second-order valence-electron chi connectivity index (χ2n) is 5.85. The fourth-order valence-corrected chi connectivity index (χ4v) is 2.69. The fraction of sp³-hybridized carbons (Fsp3) is 0. The molecule has 0 saturated carbocycles. The minimum absolute atomic E-state index is 0.205. The lowest BCUT2D eigenvalue weighted by Gasteiger charge is -2.07. The third-order valence-corrected chi connectivity index (χ3v) is 4.08. The highest BCUT2D eigenvalue weighted by atomic mass is 19.2. The number of pyridine rings is 1. The maximum absolute atomic E-state index is 13.7. The first kappa shape index (κ1) is 16.8. The third kappa shape index (κ3) is 3.15. The molecule has 1 amide bonds. The highest BCUT2D eigenvalue weighted by Crippen LogP contribution is 2.22. The van der Waals surface area contributed by atoms with E-state index >= 15 is 0 Å². The van der Waals surface area contributed by atoms with E-state index in [1.807, 2.05) is 36.5 Å². The number of hydrogen-bond donors (Lipinski definition) is 1. The molecule has 4 rings (SSSR count). The van der Waals surface area contributed by atoms with E-state index < -0.39 is 29.0 Å². The first-order chi connectivity index (χ1) is 13.0. The van der Waals surface area contributed by atoms with E-state index in [-0.39, 0.29) is 5.56 Å². The average molecular weight is 367 g/mol. The summed E-state index contributed by atoms with van der Waals surface area (Å²) in [5.41, 5.74) is 1.95. The molecule has 0 aliphatic carbocycles. The van der Waals surface area contributed by atoms with Crippen LogP contribution in [0.4, 0.5) is 18.9 Å². The van der Waals surface area contributed by atoms with Crippen LogP contribution >= 0.6 is 0 Å². The minimum atomic E-state index is -1.64. The van der Waals surface area contributed by atoms with E-state index in [1.54, 1.807) is 10.6 Å². The standard InChI is InChI=1S/C20H12F3N3O/c21-14-6-7-15(19(23)18(14)22)25-20(27)13-8-9-26-11-16(24-17(26)10-13)12-4-2-1-3-5-12/h1-11H,(H,25,27). The Morgan fingerprint density at radius 2 is 1.74 bits per heavy atom. The molecule has 7 heteroatoms. The predicted octanol–water partition coefficient (Wildman–Crippen LogP) is 4.67. The van der Waals surface area contributed by atoms with E-state index in [2.05, 4.69) is 10.3 Å².